The molecule has 1 aromatic heterocycles. The molecule has 2 N–H and O–H groups in total. The van der Waals surface area contributed by atoms with Crippen LogP contribution >= 0.6 is 0 Å². The molecule has 0 radical (unpaired) electrons. The van der Waals surface area contributed by atoms with Crippen molar-refractivity contribution in [2.24, 2.45) is 11.8 Å². The summed E-state index contributed by atoms with van der Waals surface area (Å²) in [6, 6.07) is 3.93. The number of nitrogens with zero attached hydrogens (tertiary/aromatic N) is 2. The average Bonchev–Trinajstić information content (AvgIpc) is 2.82. The van der Waals surface area contributed by atoms with Crippen LogP contribution in [0, 0.1) is 11.8 Å². The molecule has 1 atom stereocenters. The number of carbonyl (C=O) groups is 2. The van der Waals surface area contributed by atoms with E-state index >= 15 is 0 Å². The largest absolute Gasteiger partial charge is 0.477 e. The summed E-state index contributed by atoms with van der Waals surface area (Å²) in [5.74, 6) is 1.07. The van der Waals surface area contributed by atoms with Gasteiger partial charge in [0, 0.05) is 44.4 Å². The van der Waals surface area contributed by atoms with Crippen LogP contribution in [0.3, 0.4) is 0 Å². The number of rotatable bonds is 8. The Morgan fingerprint density at radius 2 is 1.97 bits per heavy atom. The van der Waals surface area contributed by atoms with Crippen molar-refractivity contribution in [2.45, 2.75) is 64.9 Å². The van der Waals surface area contributed by atoms with Gasteiger partial charge in [0.25, 0.3) is 0 Å². The lowest BCUT2D eigenvalue weighted by Gasteiger charge is -2.33. The van der Waals surface area contributed by atoms with E-state index in [-0.39, 0.29) is 24.5 Å². The SMILES string of the molecule is CC(C)(C)OC(=O)N1CCC(COc2ccc(C3=CCC(C(=O)NCCCO)CC3)cn2)CC1. The minimum absolute atomic E-state index is 0.000236. The molecular weight excluding hydrogens is 434 g/mol. The highest BCUT2D eigenvalue weighted by atomic mass is 16.6. The predicted octanol–water partition coefficient (Wildman–Crippen LogP) is 3.79. The summed E-state index contributed by atoms with van der Waals surface area (Å²) in [4.78, 5) is 30.6. The van der Waals surface area contributed by atoms with Crippen molar-refractivity contribution < 1.29 is 24.2 Å². The maximum Gasteiger partial charge on any atom is 0.410 e. The number of carbonyl (C=O) groups excluding carboxylic acids is 2. The zero-order valence-corrected chi connectivity index (χ0v) is 20.7. The monoisotopic (exact) mass is 473 g/mol. The lowest BCUT2D eigenvalue weighted by molar-refractivity contribution is -0.125. The van der Waals surface area contributed by atoms with Gasteiger partial charge in [0.15, 0.2) is 0 Å². The number of hydrogen-bond donors (Lipinski definition) is 2. The van der Waals surface area contributed by atoms with Crippen molar-refractivity contribution in [3.05, 3.63) is 30.0 Å². The van der Waals surface area contributed by atoms with Gasteiger partial charge in [0.05, 0.1) is 6.61 Å². The molecule has 1 aromatic rings. The summed E-state index contributed by atoms with van der Waals surface area (Å²) in [5.41, 5.74) is 1.81. The second-order valence-corrected chi connectivity index (χ2v) is 10.2. The van der Waals surface area contributed by atoms with E-state index in [9.17, 15) is 9.59 Å². The van der Waals surface area contributed by atoms with Gasteiger partial charge in [-0.15, -0.1) is 0 Å². The fraction of sp³-hybridized carbons (Fsp3) is 0.654. The number of ether oxygens (including phenoxy) is 2. The van der Waals surface area contributed by atoms with Crippen LogP contribution in [0.15, 0.2) is 24.4 Å². The fourth-order valence-corrected chi connectivity index (χ4v) is 4.24. The lowest BCUT2D eigenvalue weighted by Crippen LogP contribution is -2.42. The smallest absolute Gasteiger partial charge is 0.410 e. The lowest BCUT2D eigenvalue weighted by atomic mass is 9.86. The fourth-order valence-electron chi connectivity index (χ4n) is 4.24. The molecule has 0 saturated carbocycles. The Bertz CT molecular complexity index is 839. The zero-order chi connectivity index (χ0) is 24.6. The van der Waals surface area contributed by atoms with Crippen molar-refractivity contribution in [1.82, 2.24) is 15.2 Å². The normalized spacial score (nSPS) is 19.4. The highest BCUT2D eigenvalue weighted by Crippen LogP contribution is 2.30. The molecule has 34 heavy (non-hydrogen) atoms. The molecule has 2 amide bonds. The van der Waals surface area contributed by atoms with Crippen molar-refractivity contribution >= 4 is 17.6 Å². The Hall–Kier alpha value is -2.61. The quantitative estimate of drug-likeness (QED) is 0.557. The number of aromatic nitrogens is 1. The number of piperidine rings is 1. The Balaban J connectivity index is 1.40. The van der Waals surface area contributed by atoms with Gasteiger partial charge in [-0.2, -0.15) is 0 Å². The third kappa shape index (κ3) is 8.01. The minimum atomic E-state index is -0.473. The molecule has 1 unspecified atom stereocenters. The van der Waals surface area contributed by atoms with Gasteiger partial charge in [-0.05, 0) is 82.4 Å². The number of nitrogens with one attached hydrogen (secondary N) is 1. The molecule has 8 nitrogen and oxygen atoms in total. The van der Waals surface area contributed by atoms with Gasteiger partial charge in [-0.25, -0.2) is 9.78 Å². The number of amides is 2. The van der Waals surface area contributed by atoms with Gasteiger partial charge in [0.1, 0.15) is 5.60 Å². The van der Waals surface area contributed by atoms with E-state index < -0.39 is 5.60 Å². The first-order chi connectivity index (χ1) is 16.2. The molecule has 2 heterocycles. The maximum atomic E-state index is 12.2. The molecule has 1 aliphatic heterocycles. The number of likely N-dealkylation sites (tertiary alicyclic amines) is 1. The van der Waals surface area contributed by atoms with E-state index in [1.807, 2.05) is 39.1 Å². The highest BCUT2D eigenvalue weighted by Gasteiger charge is 2.27. The number of allylic oxidation sites excluding steroid dienone is 2. The van der Waals surface area contributed by atoms with Crippen molar-refractivity contribution in [3.63, 3.8) is 0 Å². The van der Waals surface area contributed by atoms with E-state index in [0.29, 0.717) is 44.5 Å². The molecule has 3 rings (SSSR count). The van der Waals surface area contributed by atoms with Crippen LogP contribution in [0.5, 0.6) is 5.88 Å². The van der Waals surface area contributed by atoms with Crippen LogP contribution in [0.1, 0.15) is 64.9 Å². The Morgan fingerprint density at radius 1 is 1.21 bits per heavy atom. The van der Waals surface area contributed by atoms with Gasteiger partial charge < -0.3 is 24.8 Å². The Morgan fingerprint density at radius 3 is 2.56 bits per heavy atom. The molecule has 0 aromatic carbocycles. The first-order valence-corrected chi connectivity index (χ1v) is 12.4. The van der Waals surface area contributed by atoms with Crippen molar-refractivity contribution in [3.8, 4) is 5.88 Å². The van der Waals surface area contributed by atoms with Crippen LogP contribution in [0.4, 0.5) is 4.79 Å². The number of pyridine rings is 1. The third-order valence-corrected chi connectivity index (χ3v) is 6.26. The first kappa shape index (κ1) is 26.0. The molecule has 0 spiro atoms. The van der Waals surface area contributed by atoms with Crippen LogP contribution in [0.2, 0.25) is 0 Å². The van der Waals surface area contributed by atoms with E-state index in [4.69, 9.17) is 14.6 Å². The summed E-state index contributed by atoms with van der Waals surface area (Å²) in [5, 5.41) is 11.7. The van der Waals surface area contributed by atoms with E-state index in [1.54, 1.807) is 4.90 Å². The van der Waals surface area contributed by atoms with Crippen LogP contribution in [-0.2, 0) is 9.53 Å². The van der Waals surface area contributed by atoms with Gasteiger partial charge in [-0.1, -0.05) is 6.08 Å². The van der Waals surface area contributed by atoms with E-state index in [2.05, 4.69) is 16.4 Å². The van der Waals surface area contributed by atoms with Crippen LogP contribution in [0.25, 0.3) is 5.57 Å². The third-order valence-electron chi connectivity index (χ3n) is 6.26. The molecule has 0 bridgehead atoms. The van der Waals surface area contributed by atoms with Crippen LogP contribution in [-0.4, -0.2) is 65.4 Å². The molecule has 188 valence electrons. The predicted molar refractivity (Wildman–Crippen MR) is 130 cm³/mol. The van der Waals surface area contributed by atoms with E-state index in [1.165, 1.54) is 5.57 Å². The number of hydrogen-bond acceptors (Lipinski definition) is 6. The van der Waals surface area contributed by atoms with E-state index in [0.717, 1.165) is 37.7 Å². The Labute approximate surface area is 202 Å². The van der Waals surface area contributed by atoms with Crippen molar-refractivity contribution in [2.75, 3.05) is 32.8 Å². The molecule has 8 heteroatoms. The van der Waals surface area contributed by atoms with Gasteiger partial charge >= 0.3 is 6.09 Å². The Kier molecular flexibility index (Phi) is 9.33. The minimum Gasteiger partial charge on any atom is -0.477 e. The molecular formula is C26H39N3O5. The average molecular weight is 474 g/mol. The first-order valence-electron chi connectivity index (χ1n) is 12.4. The summed E-state index contributed by atoms with van der Waals surface area (Å²) in [6.45, 7) is 8.22. The standard InChI is InChI=1S/C26H39N3O5/c1-26(2,3)34-25(32)29-14-11-19(12-15-29)18-33-23-10-9-22(17-28-23)20-5-7-21(8-6-20)24(31)27-13-4-16-30/h5,9-10,17,19,21,30H,4,6-8,11-16,18H2,1-3H3,(H,27,31). The molecule has 1 saturated heterocycles. The summed E-state index contributed by atoms with van der Waals surface area (Å²) < 4.78 is 11.4. The summed E-state index contributed by atoms with van der Waals surface area (Å²) in [6.07, 6.45) is 8.48. The van der Waals surface area contributed by atoms with Crippen LogP contribution < -0.4 is 10.1 Å². The maximum absolute atomic E-state index is 12.2. The second kappa shape index (κ2) is 12.2. The number of aliphatic hydroxyl groups excluding tert-OH is 1. The number of aliphatic hydroxyl groups is 1. The highest BCUT2D eigenvalue weighted by molar-refractivity contribution is 5.80. The van der Waals surface area contributed by atoms with Gasteiger partial charge in [0.2, 0.25) is 11.8 Å². The van der Waals surface area contributed by atoms with Gasteiger partial charge in [-0.3, -0.25) is 4.79 Å². The second-order valence-electron chi connectivity index (χ2n) is 10.2. The molecule has 1 fully saturated rings. The van der Waals surface area contributed by atoms with Crippen molar-refractivity contribution in [1.29, 1.82) is 0 Å². The topological polar surface area (TPSA) is 101 Å². The summed E-state index contributed by atoms with van der Waals surface area (Å²) in [7, 11) is 0. The summed E-state index contributed by atoms with van der Waals surface area (Å²) >= 11 is 0. The zero-order valence-electron chi connectivity index (χ0n) is 20.7. The molecule has 2 aliphatic rings. The molecule has 1 aliphatic carbocycles.